The van der Waals surface area contributed by atoms with E-state index in [0.29, 0.717) is 16.6 Å². The van der Waals surface area contributed by atoms with Crippen molar-refractivity contribution in [2.75, 3.05) is 24.6 Å². The number of ether oxygens (including phenoxy) is 2. The van der Waals surface area contributed by atoms with Crippen LogP contribution in [0.4, 0.5) is 14.5 Å². The zero-order chi connectivity index (χ0) is 23.6. The molecule has 0 bridgehead atoms. The maximum Gasteiger partial charge on any atom is 0.362 e. The fourth-order valence-electron chi connectivity index (χ4n) is 4.00. The Kier molecular flexibility index (Phi) is 6.35. The predicted octanol–water partition coefficient (Wildman–Crippen LogP) is 3.65. The standard InChI is InChI=1S/C23H22BF2N3O4/c1-2-32-22(31)20-21(30)19-17(28-13-4-3-5-14-28)7-6-8-18(19)29(27-20)15-9-11-16(12-10-15)33-23(24,25)26/h6-12H,2-5,13-14H2,1H3. The molecule has 2 heterocycles. The number of piperidine rings is 1. The molecule has 170 valence electrons. The van der Waals surface area contributed by atoms with Crippen molar-refractivity contribution in [3.8, 4) is 11.4 Å². The third kappa shape index (κ3) is 4.84. The molecule has 1 fully saturated rings. The summed E-state index contributed by atoms with van der Waals surface area (Å²) in [6.07, 6.45) is 3.14. The van der Waals surface area contributed by atoms with Crippen LogP contribution in [0.5, 0.6) is 5.75 Å². The summed E-state index contributed by atoms with van der Waals surface area (Å²) >= 11 is 0. The van der Waals surface area contributed by atoms with Crippen molar-refractivity contribution in [2.45, 2.75) is 32.2 Å². The van der Waals surface area contributed by atoms with Gasteiger partial charge >= 0.3 is 12.0 Å². The van der Waals surface area contributed by atoms with E-state index in [4.69, 9.17) is 4.74 Å². The molecular weight excluding hydrogens is 431 g/mol. The number of aromatic nitrogens is 2. The highest BCUT2D eigenvalue weighted by molar-refractivity contribution is 6.12. The molecule has 1 aromatic heterocycles. The molecule has 2 aromatic carbocycles. The van der Waals surface area contributed by atoms with Gasteiger partial charge in [-0.05, 0) is 62.6 Å². The van der Waals surface area contributed by atoms with E-state index in [-0.39, 0.29) is 18.1 Å². The summed E-state index contributed by atoms with van der Waals surface area (Å²) in [5.74, 6) is -0.967. The first kappa shape index (κ1) is 22.8. The van der Waals surface area contributed by atoms with Crippen LogP contribution < -0.4 is 15.1 Å². The quantitative estimate of drug-likeness (QED) is 0.419. The van der Waals surface area contributed by atoms with Crippen LogP contribution in [-0.2, 0) is 4.74 Å². The minimum Gasteiger partial charge on any atom is -0.461 e. The largest absolute Gasteiger partial charge is 0.461 e. The van der Waals surface area contributed by atoms with E-state index in [1.807, 2.05) is 12.1 Å². The van der Waals surface area contributed by atoms with Gasteiger partial charge in [0.1, 0.15) is 5.75 Å². The first-order valence-electron chi connectivity index (χ1n) is 10.7. The molecule has 4 rings (SSSR count). The molecule has 1 aliphatic heterocycles. The van der Waals surface area contributed by atoms with Crippen molar-refractivity contribution >= 4 is 30.4 Å². The number of alkyl halides is 2. The number of rotatable bonds is 6. The lowest BCUT2D eigenvalue weighted by Gasteiger charge is -2.30. The Hall–Kier alpha value is -3.43. The van der Waals surface area contributed by atoms with Gasteiger partial charge < -0.3 is 14.4 Å². The van der Waals surface area contributed by atoms with E-state index in [2.05, 4.69) is 22.6 Å². The predicted molar refractivity (Wildman–Crippen MR) is 121 cm³/mol. The van der Waals surface area contributed by atoms with E-state index in [9.17, 15) is 18.4 Å². The maximum absolute atomic E-state index is 13.4. The molecule has 1 aliphatic rings. The average molecular weight is 453 g/mol. The number of nitrogens with zero attached hydrogens (tertiary/aromatic N) is 3. The second-order valence-corrected chi connectivity index (χ2v) is 7.69. The van der Waals surface area contributed by atoms with Gasteiger partial charge in [0.2, 0.25) is 19.0 Å². The molecule has 0 spiro atoms. The Balaban J connectivity index is 1.91. The van der Waals surface area contributed by atoms with Crippen LogP contribution in [0.3, 0.4) is 0 Å². The molecule has 7 nitrogen and oxygen atoms in total. The number of hydrogen-bond acceptors (Lipinski definition) is 6. The van der Waals surface area contributed by atoms with Gasteiger partial charge in [-0.2, -0.15) is 13.9 Å². The van der Waals surface area contributed by atoms with Crippen LogP contribution in [0.1, 0.15) is 36.7 Å². The number of hydrogen-bond donors (Lipinski definition) is 0. The lowest BCUT2D eigenvalue weighted by molar-refractivity contribution is -0.0972. The Bertz CT molecular complexity index is 1220. The van der Waals surface area contributed by atoms with Gasteiger partial charge in [0.15, 0.2) is 0 Å². The lowest BCUT2D eigenvalue weighted by atomic mass is 10.1. The summed E-state index contributed by atoms with van der Waals surface area (Å²) in [5, 5.41) is 4.63. The van der Waals surface area contributed by atoms with Gasteiger partial charge in [0.05, 0.1) is 28.9 Å². The first-order valence-corrected chi connectivity index (χ1v) is 10.7. The summed E-state index contributed by atoms with van der Waals surface area (Å²) in [6, 6.07) is 7.17. The summed E-state index contributed by atoms with van der Waals surface area (Å²) in [6.45, 7) is 3.33. The molecule has 2 radical (unpaired) electrons. The molecule has 0 saturated carbocycles. The number of halogens is 2. The zero-order valence-corrected chi connectivity index (χ0v) is 18.1. The smallest absolute Gasteiger partial charge is 0.362 e. The van der Waals surface area contributed by atoms with Gasteiger partial charge in [0.25, 0.3) is 0 Å². The first-order chi connectivity index (χ1) is 15.8. The molecule has 1 saturated heterocycles. The third-order valence-electron chi connectivity index (χ3n) is 5.39. The Morgan fingerprint density at radius 3 is 2.45 bits per heavy atom. The minimum atomic E-state index is -3.82. The zero-order valence-electron chi connectivity index (χ0n) is 18.1. The summed E-state index contributed by atoms with van der Waals surface area (Å²) < 4.78 is 36.8. The Morgan fingerprint density at radius 1 is 1.12 bits per heavy atom. The Morgan fingerprint density at radius 2 is 1.82 bits per heavy atom. The molecule has 0 atom stereocenters. The van der Waals surface area contributed by atoms with Gasteiger partial charge in [-0.3, -0.25) is 4.79 Å². The number of anilines is 1. The van der Waals surface area contributed by atoms with Crippen LogP contribution in [0, 0.1) is 0 Å². The minimum absolute atomic E-state index is 0.0884. The van der Waals surface area contributed by atoms with Crippen molar-refractivity contribution in [1.82, 2.24) is 9.78 Å². The topological polar surface area (TPSA) is 73.7 Å². The highest BCUT2D eigenvalue weighted by Gasteiger charge is 2.24. The molecular formula is C23H22BF2N3O4. The van der Waals surface area contributed by atoms with E-state index < -0.39 is 17.4 Å². The SMILES string of the molecule is [B]C(F)(F)Oc1ccc(-n2nc(C(=O)OCC)c(=O)c3c(N4CCCCC4)cccc32)cc1. The van der Waals surface area contributed by atoms with Gasteiger partial charge in [-0.25, -0.2) is 9.48 Å². The van der Waals surface area contributed by atoms with Gasteiger partial charge in [0, 0.05) is 13.1 Å². The van der Waals surface area contributed by atoms with E-state index in [1.54, 1.807) is 13.0 Å². The van der Waals surface area contributed by atoms with Crippen LogP contribution >= 0.6 is 0 Å². The second-order valence-electron chi connectivity index (χ2n) is 7.69. The van der Waals surface area contributed by atoms with Crippen molar-refractivity contribution in [2.24, 2.45) is 0 Å². The molecule has 0 N–H and O–H groups in total. The molecule has 10 heteroatoms. The number of esters is 1. The fourth-order valence-corrected chi connectivity index (χ4v) is 4.00. The monoisotopic (exact) mass is 453 g/mol. The van der Waals surface area contributed by atoms with Crippen LogP contribution in [-0.4, -0.2) is 49.3 Å². The summed E-state index contributed by atoms with van der Waals surface area (Å²) in [7, 11) is 4.61. The summed E-state index contributed by atoms with van der Waals surface area (Å²) in [4.78, 5) is 28.1. The van der Waals surface area contributed by atoms with Crippen LogP contribution in [0.2, 0.25) is 0 Å². The second kappa shape index (κ2) is 9.21. The van der Waals surface area contributed by atoms with Crippen molar-refractivity contribution in [3.05, 3.63) is 58.4 Å². The van der Waals surface area contributed by atoms with E-state index in [0.717, 1.165) is 38.0 Å². The van der Waals surface area contributed by atoms with E-state index >= 15 is 0 Å². The molecule has 33 heavy (non-hydrogen) atoms. The summed E-state index contributed by atoms with van der Waals surface area (Å²) in [5.41, 5.74) is 0.788. The number of carbonyl (C=O) groups excluding carboxylic acids is 1. The molecule has 3 aromatic rings. The normalized spacial score (nSPS) is 14.3. The molecule has 0 aliphatic carbocycles. The number of fused-ring (bicyclic) bond motifs is 1. The van der Waals surface area contributed by atoms with Crippen molar-refractivity contribution < 1.29 is 23.0 Å². The van der Waals surface area contributed by atoms with Crippen LogP contribution in [0.15, 0.2) is 47.3 Å². The van der Waals surface area contributed by atoms with Crippen molar-refractivity contribution in [3.63, 3.8) is 0 Å². The van der Waals surface area contributed by atoms with E-state index in [1.165, 1.54) is 28.9 Å². The molecule has 0 amide bonds. The van der Waals surface area contributed by atoms with Crippen LogP contribution in [0.25, 0.3) is 16.6 Å². The number of carbonyl (C=O) groups is 1. The highest BCUT2D eigenvalue weighted by Crippen LogP contribution is 2.29. The lowest BCUT2D eigenvalue weighted by Crippen LogP contribution is -2.32. The fraction of sp³-hybridized carbons (Fsp3) is 0.348. The average Bonchev–Trinajstić information content (AvgIpc) is 2.79. The molecule has 0 unspecified atom stereocenters. The number of benzene rings is 2. The van der Waals surface area contributed by atoms with Crippen molar-refractivity contribution in [1.29, 1.82) is 0 Å². The highest BCUT2D eigenvalue weighted by atomic mass is 19.3. The third-order valence-corrected chi connectivity index (χ3v) is 5.39. The van der Waals surface area contributed by atoms with Gasteiger partial charge in [-0.15, -0.1) is 0 Å². The van der Waals surface area contributed by atoms with Gasteiger partial charge in [-0.1, -0.05) is 6.07 Å². The Labute approximate surface area is 190 Å². The maximum atomic E-state index is 13.4.